The van der Waals surface area contributed by atoms with Gasteiger partial charge >= 0.3 is 0 Å². The highest BCUT2D eigenvalue weighted by atomic mass is 32.2. The molecular formula is C15H18N2O2S. The Morgan fingerprint density at radius 3 is 2.90 bits per heavy atom. The summed E-state index contributed by atoms with van der Waals surface area (Å²) in [5.74, 6) is 1.38. The smallest absolute Gasteiger partial charge is 0.247 e. The van der Waals surface area contributed by atoms with Gasteiger partial charge in [-0.1, -0.05) is 30.3 Å². The van der Waals surface area contributed by atoms with Gasteiger partial charge in [0.1, 0.15) is 12.1 Å². The van der Waals surface area contributed by atoms with E-state index in [0.29, 0.717) is 18.8 Å². The molecular weight excluding hydrogens is 272 g/mol. The first-order chi connectivity index (χ1) is 9.74. The average Bonchev–Trinajstić information content (AvgIpc) is 2.94. The fourth-order valence-electron chi connectivity index (χ4n) is 2.08. The predicted octanol–water partition coefficient (Wildman–Crippen LogP) is 1.76. The van der Waals surface area contributed by atoms with Crippen molar-refractivity contribution in [3.8, 4) is 6.07 Å². The van der Waals surface area contributed by atoms with Crippen molar-refractivity contribution in [2.24, 2.45) is 0 Å². The normalized spacial score (nSPS) is 21.4. The molecule has 1 N–H and O–H groups in total. The van der Waals surface area contributed by atoms with Crippen LogP contribution in [0.25, 0.3) is 0 Å². The molecule has 1 aromatic rings. The van der Waals surface area contributed by atoms with Crippen molar-refractivity contribution in [2.45, 2.75) is 18.4 Å². The third kappa shape index (κ3) is 4.26. The Bertz CT molecular complexity index is 478. The van der Waals surface area contributed by atoms with Gasteiger partial charge < -0.3 is 10.1 Å². The van der Waals surface area contributed by atoms with Gasteiger partial charge in [0.15, 0.2) is 0 Å². The molecule has 106 valence electrons. The highest BCUT2D eigenvalue weighted by Gasteiger charge is 2.35. The van der Waals surface area contributed by atoms with Crippen LogP contribution < -0.4 is 5.32 Å². The zero-order chi connectivity index (χ0) is 14.3. The van der Waals surface area contributed by atoms with E-state index in [1.54, 1.807) is 11.8 Å². The first kappa shape index (κ1) is 14.9. The fourth-order valence-corrected chi connectivity index (χ4v) is 3.35. The lowest BCUT2D eigenvalue weighted by Crippen LogP contribution is -2.48. The number of nitriles is 1. The second-order valence-electron chi connectivity index (χ2n) is 4.83. The molecule has 1 aromatic carbocycles. The van der Waals surface area contributed by atoms with Crippen molar-refractivity contribution in [2.75, 3.05) is 24.7 Å². The van der Waals surface area contributed by atoms with Crippen molar-refractivity contribution < 1.29 is 9.53 Å². The van der Waals surface area contributed by atoms with Crippen LogP contribution in [0.2, 0.25) is 0 Å². The van der Waals surface area contributed by atoms with Crippen molar-refractivity contribution in [1.29, 1.82) is 5.26 Å². The number of hydrogen-bond donors (Lipinski definition) is 1. The average molecular weight is 290 g/mol. The highest BCUT2D eigenvalue weighted by Crippen LogP contribution is 2.27. The third-order valence-corrected chi connectivity index (χ3v) is 4.42. The number of nitrogens with one attached hydrogen (secondary N) is 1. The van der Waals surface area contributed by atoms with E-state index in [4.69, 9.17) is 10.00 Å². The van der Waals surface area contributed by atoms with Crippen LogP contribution in [0, 0.1) is 11.3 Å². The van der Waals surface area contributed by atoms with E-state index in [1.807, 2.05) is 30.3 Å². The number of carbonyl (C=O) groups excluding carboxylic acids is 1. The Morgan fingerprint density at radius 1 is 1.45 bits per heavy atom. The van der Waals surface area contributed by atoms with E-state index in [9.17, 15) is 4.79 Å². The van der Waals surface area contributed by atoms with Gasteiger partial charge in [0, 0.05) is 5.75 Å². The van der Waals surface area contributed by atoms with Crippen LogP contribution >= 0.6 is 11.8 Å². The monoisotopic (exact) mass is 290 g/mol. The molecule has 1 atom stereocenters. The summed E-state index contributed by atoms with van der Waals surface area (Å²) in [6.07, 6.45) is 1.50. The number of ether oxygens (including phenoxy) is 1. The molecule has 1 amide bonds. The quantitative estimate of drug-likeness (QED) is 0.811. The van der Waals surface area contributed by atoms with E-state index >= 15 is 0 Å². The lowest BCUT2D eigenvalue weighted by Gasteiger charge is -2.21. The van der Waals surface area contributed by atoms with Crippen LogP contribution in [0.15, 0.2) is 30.3 Å². The lowest BCUT2D eigenvalue weighted by atomic mass is 10.0. The number of hydrogen-bond acceptors (Lipinski definition) is 4. The summed E-state index contributed by atoms with van der Waals surface area (Å²) in [5, 5.41) is 12.0. The minimum atomic E-state index is -0.690. The first-order valence-electron chi connectivity index (χ1n) is 6.66. The summed E-state index contributed by atoms with van der Waals surface area (Å²) in [6, 6.07) is 12.2. The van der Waals surface area contributed by atoms with Gasteiger partial charge in [-0.15, -0.1) is 0 Å². The van der Waals surface area contributed by atoms with Crippen LogP contribution in [-0.2, 0) is 16.0 Å². The van der Waals surface area contributed by atoms with Gasteiger partial charge in [-0.05, 0) is 24.2 Å². The maximum absolute atomic E-state index is 11.8. The molecule has 0 aromatic heterocycles. The Hall–Kier alpha value is -1.51. The van der Waals surface area contributed by atoms with Gasteiger partial charge in [-0.2, -0.15) is 17.0 Å². The topological polar surface area (TPSA) is 62.1 Å². The van der Waals surface area contributed by atoms with Crippen LogP contribution in [0.5, 0.6) is 0 Å². The van der Waals surface area contributed by atoms with Gasteiger partial charge in [0.05, 0.1) is 12.7 Å². The van der Waals surface area contributed by atoms with Gasteiger partial charge in [0.25, 0.3) is 0 Å². The molecule has 0 unspecified atom stereocenters. The molecule has 20 heavy (non-hydrogen) atoms. The summed E-state index contributed by atoms with van der Waals surface area (Å²) in [5.41, 5.74) is 0.499. The standard InChI is InChI=1S/C15H18N2O2S/c16-11-15(7-9-20-12-15)17-14(18)10-19-8-6-13-4-2-1-3-5-13/h1-5H,6-10,12H2,(H,17,18)/t15-/m0/s1. The number of rotatable bonds is 6. The van der Waals surface area contributed by atoms with Gasteiger partial charge in [0.2, 0.25) is 5.91 Å². The molecule has 0 aliphatic carbocycles. The molecule has 0 saturated carbocycles. The van der Waals surface area contributed by atoms with E-state index in [-0.39, 0.29) is 12.5 Å². The zero-order valence-electron chi connectivity index (χ0n) is 11.3. The number of carbonyl (C=O) groups is 1. The zero-order valence-corrected chi connectivity index (χ0v) is 12.1. The first-order valence-corrected chi connectivity index (χ1v) is 7.81. The molecule has 1 saturated heterocycles. The van der Waals surface area contributed by atoms with Crippen molar-refractivity contribution >= 4 is 17.7 Å². The predicted molar refractivity (Wildman–Crippen MR) is 79.4 cm³/mol. The molecule has 0 spiro atoms. The largest absolute Gasteiger partial charge is 0.371 e. The fraction of sp³-hybridized carbons (Fsp3) is 0.467. The maximum Gasteiger partial charge on any atom is 0.247 e. The molecule has 5 heteroatoms. The SMILES string of the molecule is N#C[C@@]1(NC(=O)COCCc2ccccc2)CCSC1. The Morgan fingerprint density at radius 2 is 2.25 bits per heavy atom. The summed E-state index contributed by atoms with van der Waals surface area (Å²) in [7, 11) is 0. The number of nitrogens with zero attached hydrogens (tertiary/aromatic N) is 1. The Balaban J connectivity index is 1.67. The summed E-state index contributed by atoms with van der Waals surface area (Å²) in [6.45, 7) is 0.521. The molecule has 2 rings (SSSR count). The minimum Gasteiger partial charge on any atom is -0.371 e. The maximum atomic E-state index is 11.8. The molecule has 1 heterocycles. The molecule has 0 radical (unpaired) electrons. The number of benzene rings is 1. The lowest BCUT2D eigenvalue weighted by molar-refractivity contribution is -0.126. The van der Waals surface area contributed by atoms with Gasteiger partial charge in [-0.3, -0.25) is 4.79 Å². The van der Waals surface area contributed by atoms with E-state index in [1.165, 1.54) is 5.56 Å². The van der Waals surface area contributed by atoms with E-state index in [0.717, 1.165) is 12.2 Å². The van der Waals surface area contributed by atoms with Crippen LogP contribution in [0.4, 0.5) is 0 Å². The van der Waals surface area contributed by atoms with Crippen LogP contribution in [-0.4, -0.2) is 36.2 Å². The summed E-state index contributed by atoms with van der Waals surface area (Å²) >= 11 is 1.70. The molecule has 0 bridgehead atoms. The highest BCUT2D eigenvalue weighted by molar-refractivity contribution is 7.99. The minimum absolute atomic E-state index is 0.0148. The number of thioether (sulfide) groups is 1. The molecule has 1 aliphatic rings. The Kier molecular flexibility index (Phi) is 5.45. The van der Waals surface area contributed by atoms with Crippen molar-refractivity contribution in [3.63, 3.8) is 0 Å². The Labute approximate surface area is 123 Å². The number of amides is 1. The summed E-state index contributed by atoms with van der Waals surface area (Å²) < 4.78 is 5.37. The van der Waals surface area contributed by atoms with E-state index in [2.05, 4.69) is 11.4 Å². The van der Waals surface area contributed by atoms with Crippen LogP contribution in [0.3, 0.4) is 0 Å². The summed E-state index contributed by atoms with van der Waals surface area (Å²) in [4.78, 5) is 11.8. The second kappa shape index (κ2) is 7.32. The van der Waals surface area contributed by atoms with Crippen molar-refractivity contribution in [1.82, 2.24) is 5.32 Å². The molecule has 1 fully saturated rings. The molecule has 4 nitrogen and oxygen atoms in total. The molecule has 1 aliphatic heterocycles. The van der Waals surface area contributed by atoms with Gasteiger partial charge in [-0.25, -0.2) is 0 Å². The second-order valence-corrected chi connectivity index (χ2v) is 5.94. The van der Waals surface area contributed by atoms with Crippen molar-refractivity contribution in [3.05, 3.63) is 35.9 Å². The van der Waals surface area contributed by atoms with Crippen LogP contribution in [0.1, 0.15) is 12.0 Å². The third-order valence-electron chi connectivity index (χ3n) is 3.23. The van der Waals surface area contributed by atoms with E-state index < -0.39 is 5.54 Å².